The van der Waals surface area contributed by atoms with Gasteiger partial charge in [0.2, 0.25) is 0 Å². The van der Waals surface area contributed by atoms with Crippen molar-refractivity contribution in [2.45, 2.75) is 19.9 Å². The summed E-state index contributed by atoms with van der Waals surface area (Å²) in [6.07, 6.45) is 0. The van der Waals surface area contributed by atoms with Crippen molar-refractivity contribution in [3.05, 3.63) is 52.4 Å². The molecule has 1 fully saturated rings. The number of ketones is 1. The van der Waals surface area contributed by atoms with E-state index in [1.165, 1.54) is 4.90 Å². The fourth-order valence-corrected chi connectivity index (χ4v) is 3.59. The molecule has 0 unspecified atom stereocenters. The summed E-state index contributed by atoms with van der Waals surface area (Å²) in [4.78, 5) is 29.2. The number of ether oxygens (including phenoxy) is 1. The zero-order valence-corrected chi connectivity index (χ0v) is 17.3. The number of methoxy groups -OCH3 is 1. The van der Waals surface area contributed by atoms with E-state index >= 15 is 0 Å². The van der Waals surface area contributed by atoms with Gasteiger partial charge in [0, 0.05) is 18.8 Å². The van der Waals surface area contributed by atoms with Crippen LogP contribution in [0.5, 0.6) is 5.75 Å². The maximum absolute atomic E-state index is 12.9. The first-order chi connectivity index (χ1) is 13.8. The molecule has 1 amide bonds. The van der Waals surface area contributed by atoms with E-state index in [2.05, 4.69) is 10.2 Å². The number of aryl methyl sites for hydroxylation is 2. The Bertz CT molecular complexity index is 940. The smallest absolute Gasteiger partial charge is 0.295 e. The number of aliphatic hydroxyl groups excluding tert-OH is 1. The number of H-pyrrole nitrogens is 1. The summed E-state index contributed by atoms with van der Waals surface area (Å²) in [7, 11) is 5.37. The van der Waals surface area contributed by atoms with E-state index in [-0.39, 0.29) is 11.3 Å². The second-order valence-electron chi connectivity index (χ2n) is 7.38. The number of hydrogen-bond acceptors (Lipinski definition) is 6. The third-order valence-corrected chi connectivity index (χ3v) is 5.12. The number of aromatic amines is 1. The zero-order chi connectivity index (χ0) is 21.3. The molecule has 2 heterocycles. The van der Waals surface area contributed by atoms with E-state index < -0.39 is 17.7 Å². The van der Waals surface area contributed by atoms with Gasteiger partial charge in [0.25, 0.3) is 11.7 Å². The quantitative estimate of drug-likeness (QED) is 0.439. The van der Waals surface area contributed by atoms with E-state index in [4.69, 9.17) is 4.74 Å². The normalized spacial score (nSPS) is 18.7. The van der Waals surface area contributed by atoms with Crippen LogP contribution in [0.1, 0.15) is 28.6 Å². The Morgan fingerprint density at radius 1 is 1.24 bits per heavy atom. The van der Waals surface area contributed by atoms with Crippen LogP contribution in [0.4, 0.5) is 0 Å². The molecule has 1 atom stereocenters. The van der Waals surface area contributed by atoms with Crippen LogP contribution in [0.3, 0.4) is 0 Å². The molecule has 0 bridgehead atoms. The number of nitrogens with zero attached hydrogens (tertiary/aromatic N) is 3. The molecule has 2 aromatic rings. The maximum Gasteiger partial charge on any atom is 0.295 e. The van der Waals surface area contributed by atoms with Gasteiger partial charge in [-0.3, -0.25) is 14.7 Å². The van der Waals surface area contributed by atoms with Gasteiger partial charge in [-0.15, -0.1) is 0 Å². The fraction of sp³-hybridized carbons (Fsp3) is 0.381. The van der Waals surface area contributed by atoms with E-state index in [1.54, 1.807) is 45.2 Å². The van der Waals surface area contributed by atoms with Crippen LogP contribution in [0, 0.1) is 13.8 Å². The Kier molecular flexibility index (Phi) is 5.74. The van der Waals surface area contributed by atoms with Gasteiger partial charge in [-0.1, -0.05) is 12.1 Å². The predicted octanol–water partition coefficient (Wildman–Crippen LogP) is 2.02. The molecule has 2 N–H and O–H groups in total. The number of aromatic nitrogens is 2. The van der Waals surface area contributed by atoms with Gasteiger partial charge in [-0.25, -0.2) is 0 Å². The number of likely N-dealkylation sites (tertiary alicyclic amines) is 1. The highest BCUT2D eigenvalue weighted by Crippen LogP contribution is 2.40. The molecular formula is C21H26N4O4. The Labute approximate surface area is 169 Å². The first-order valence-electron chi connectivity index (χ1n) is 9.35. The third kappa shape index (κ3) is 3.75. The Morgan fingerprint density at radius 3 is 2.41 bits per heavy atom. The fourth-order valence-electron chi connectivity index (χ4n) is 3.59. The summed E-state index contributed by atoms with van der Waals surface area (Å²) >= 11 is 0. The van der Waals surface area contributed by atoms with Crippen molar-refractivity contribution >= 4 is 17.4 Å². The van der Waals surface area contributed by atoms with Crippen molar-refractivity contribution in [3.63, 3.8) is 0 Å². The summed E-state index contributed by atoms with van der Waals surface area (Å²) in [6.45, 7) is 4.44. The van der Waals surface area contributed by atoms with E-state index in [9.17, 15) is 14.7 Å². The molecule has 0 spiro atoms. The predicted molar refractivity (Wildman–Crippen MR) is 109 cm³/mol. The second kappa shape index (κ2) is 8.08. The highest BCUT2D eigenvalue weighted by Gasteiger charge is 2.46. The maximum atomic E-state index is 12.9. The minimum atomic E-state index is -0.693. The first-order valence-corrected chi connectivity index (χ1v) is 9.35. The SMILES string of the molecule is COc1ccc([C@H]2/C(=C(\O)c3c(C)n[nH]c3C)C(=O)C(=O)N2CCN(C)C)cc1. The number of nitrogens with one attached hydrogen (secondary N) is 1. The van der Waals surface area contributed by atoms with Crippen molar-refractivity contribution < 1.29 is 19.4 Å². The number of carbonyl (C=O) groups excluding carboxylic acids is 2. The van der Waals surface area contributed by atoms with Crippen LogP contribution < -0.4 is 4.74 Å². The largest absolute Gasteiger partial charge is 0.507 e. The molecule has 154 valence electrons. The summed E-state index contributed by atoms with van der Waals surface area (Å²) in [5, 5.41) is 18.0. The molecule has 1 aliphatic rings. The molecule has 1 aromatic carbocycles. The lowest BCUT2D eigenvalue weighted by atomic mass is 9.94. The van der Waals surface area contributed by atoms with Gasteiger partial charge < -0.3 is 19.6 Å². The minimum absolute atomic E-state index is 0.0755. The molecule has 1 aliphatic heterocycles. The lowest BCUT2D eigenvalue weighted by Crippen LogP contribution is -2.35. The Morgan fingerprint density at radius 2 is 1.90 bits per heavy atom. The van der Waals surface area contributed by atoms with Gasteiger partial charge in [0.1, 0.15) is 11.5 Å². The summed E-state index contributed by atoms with van der Waals surface area (Å²) < 4.78 is 5.22. The summed E-state index contributed by atoms with van der Waals surface area (Å²) in [5.74, 6) is -0.851. The van der Waals surface area contributed by atoms with Gasteiger partial charge >= 0.3 is 0 Å². The number of hydrogen-bond donors (Lipinski definition) is 2. The average molecular weight is 398 g/mol. The van der Waals surface area contributed by atoms with Crippen molar-refractivity contribution in [1.82, 2.24) is 20.0 Å². The highest BCUT2D eigenvalue weighted by atomic mass is 16.5. The van der Waals surface area contributed by atoms with Gasteiger partial charge in [0.15, 0.2) is 0 Å². The number of carbonyl (C=O) groups is 2. The monoisotopic (exact) mass is 398 g/mol. The topological polar surface area (TPSA) is 98.8 Å². The summed E-state index contributed by atoms with van der Waals surface area (Å²) in [5.41, 5.74) is 2.45. The average Bonchev–Trinajstić information content (AvgIpc) is 3.16. The van der Waals surface area contributed by atoms with E-state index in [1.807, 2.05) is 19.0 Å². The summed E-state index contributed by atoms with van der Waals surface area (Å²) in [6, 6.07) is 6.47. The highest BCUT2D eigenvalue weighted by molar-refractivity contribution is 6.46. The molecule has 1 aromatic heterocycles. The standard InChI is InChI=1S/C21H26N4O4/c1-12-16(13(2)23-22-12)19(26)17-18(14-6-8-15(29-5)9-7-14)25(11-10-24(3)4)21(28)20(17)27/h6-9,18,26H,10-11H2,1-5H3,(H,22,23)/b19-17+/t18-/m0/s1. The third-order valence-electron chi connectivity index (χ3n) is 5.12. The van der Waals surface area contributed by atoms with Crippen molar-refractivity contribution in [3.8, 4) is 5.75 Å². The number of benzene rings is 1. The first kappa shape index (κ1) is 20.6. The molecule has 3 rings (SSSR count). The second-order valence-corrected chi connectivity index (χ2v) is 7.38. The van der Waals surface area contributed by atoms with Crippen LogP contribution in [0.15, 0.2) is 29.8 Å². The Hall–Kier alpha value is -3.13. The number of rotatable bonds is 6. The Balaban J connectivity index is 2.17. The van der Waals surface area contributed by atoms with Crippen LogP contribution >= 0.6 is 0 Å². The minimum Gasteiger partial charge on any atom is -0.507 e. The van der Waals surface area contributed by atoms with Crippen molar-refractivity contribution in [2.75, 3.05) is 34.3 Å². The van der Waals surface area contributed by atoms with Crippen LogP contribution in [-0.4, -0.2) is 71.1 Å². The number of aliphatic hydroxyl groups is 1. The molecule has 1 saturated heterocycles. The van der Waals surface area contributed by atoms with Crippen molar-refractivity contribution in [2.24, 2.45) is 0 Å². The molecule has 0 radical (unpaired) electrons. The molecule has 29 heavy (non-hydrogen) atoms. The molecule has 0 saturated carbocycles. The number of Topliss-reactive ketones (excluding diaryl/α,β-unsaturated/α-hetero) is 1. The van der Waals surface area contributed by atoms with Crippen molar-refractivity contribution in [1.29, 1.82) is 0 Å². The number of likely N-dealkylation sites (N-methyl/N-ethyl adjacent to an activating group) is 1. The van der Waals surface area contributed by atoms with Crippen LogP contribution in [-0.2, 0) is 9.59 Å². The lowest BCUT2D eigenvalue weighted by Gasteiger charge is -2.26. The van der Waals surface area contributed by atoms with Gasteiger partial charge in [0.05, 0.1) is 30.0 Å². The molecule has 8 nitrogen and oxygen atoms in total. The van der Waals surface area contributed by atoms with Gasteiger partial charge in [-0.05, 0) is 45.6 Å². The zero-order valence-electron chi connectivity index (χ0n) is 17.3. The van der Waals surface area contributed by atoms with E-state index in [0.717, 1.165) is 5.56 Å². The lowest BCUT2D eigenvalue weighted by molar-refractivity contribution is -0.140. The van der Waals surface area contributed by atoms with Crippen LogP contribution in [0.2, 0.25) is 0 Å². The molecule has 0 aliphatic carbocycles. The number of amides is 1. The molecule has 8 heteroatoms. The molecular weight excluding hydrogens is 372 g/mol. The van der Waals surface area contributed by atoms with E-state index in [0.29, 0.717) is 35.8 Å². The van der Waals surface area contributed by atoms with Gasteiger partial charge in [-0.2, -0.15) is 5.10 Å². The van der Waals surface area contributed by atoms with Crippen LogP contribution in [0.25, 0.3) is 5.76 Å².